The second-order valence-corrected chi connectivity index (χ2v) is 5.74. The normalized spacial score (nSPS) is 24.0. The molecule has 0 aliphatic carbocycles. The molecule has 1 atom stereocenters. The Morgan fingerprint density at radius 1 is 1.33 bits per heavy atom. The fourth-order valence-electron chi connectivity index (χ4n) is 1.02. The Hall–Kier alpha value is 1.27. The molecular weight excluding hydrogens is 314 g/mol. The third-order valence-electron chi connectivity index (χ3n) is 2.03. The third kappa shape index (κ3) is 5.42. The van der Waals surface area contributed by atoms with Gasteiger partial charge in [0.15, 0.2) is 0 Å². The summed E-state index contributed by atoms with van der Waals surface area (Å²) in [7, 11) is 0. The Kier molecular flexibility index (Phi) is 9.08. The van der Waals surface area contributed by atoms with E-state index in [4.69, 9.17) is 4.18 Å². The van der Waals surface area contributed by atoms with Crippen LogP contribution in [0.4, 0.5) is 0 Å². The first-order valence-corrected chi connectivity index (χ1v) is 6.93. The van der Waals surface area contributed by atoms with Gasteiger partial charge in [0.2, 0.25) is 4.39 Å². The summed E-state index contributed by atoms with van der Waals surface area (Å²) in [6.45, 7) is 4.83. The molecule has 0 aromatic carbocycles. The molecule has 15 heavy (non-hydrogen) atoms. The molecule has 6 heteroatoms. The van der Waals surface area contributed by atoms with Crippen LogP contribution in [0.25, 0.3) is 0 Å². The first kappa shape index (κ1) is 16.3. The van der Waals surface area contributed by atoms with Gasteiger partial charge in [0.05, 0.1) is 12.0 Å². The molecule has 1 aliphatic rings. The number of hydrogen-bond donors (Lipinski definition) is 0. The summed E-state index contributed by atoms with van der Waals surface area (Å²) in [4.78, 5) is 0. The predicted octanol–water partition coefficient (Wildman–Crippen LogP) is 3.41. The van der Waals surface area contributed by atoms with Gasteiger partial charge in [-0.25, -0.2) is 0 Å². The average Bonchev–Trinajstić information content (AvgIpc) is 2.96. The summed E-state index contributed by atoms with van der Waals surface area (Å²) in [5.74, 6) is 1.01. The van der Waals surface area contributed by atoms with Gasteiger partial charge in [-0.2, -0.15) is 0 Å². The van der Waals surface area contributed by atoms with E-state index in [1.54, 1.807) is 11.8 Å². The monoisotopic (exact) mass is 334 g/mol. The molecule has 0 aromatic rings. The van der Waals surface area contributed by atoms with Gasteiger partial charge in [0, 0.05) is 21.1 Å². The molecule has 0 radical (unpaired) electrons. The zero-order valence-electron chi connectivity index (χ0n) is 9.23. The number of thioether (sulfide) groups is 1. The molecule has 1 rings (SSSR count). The fourth-order valence-corrected chi connectivity index (χ4v) is 3.02. The van der Waals surface area contributed by atoms with Crippen molar-refractivity contribution in [2.24, 2.45) is 0 Å². The topological polar surface area (TPSA) is 38.8 Å². The van der Waals surface area contributed by atoms with E-state index >= 15 is 0 Å². The summed E-state index contributed by atoms with van der Waals surface area (Å²) in [6, 6.07) is 0. The summed E-state index contributed by atoms with van der Waals surface area (Å²) in [5, 5.41) is 12.7. The van der Waals surface area contributed by atoms with Gasteiger partial charge in [-0.15, -0.1) is 0 Å². The largest absolute Gasteiger partial charge is 0.782 e. The zero-order valence-corrected chi connectivity index (χ0v) is 12.9. The number of hydrogen-bond acceptors (Lipinski definition) is 5. The molecule has 1 heterocycles. The van der Waals surface area contributed by atoms with Crippen molar-refractivity contribution in [3.8, 4) is 0 Å². The summed E-state index contributed by atoms with van der Waals surface area (Å²) >= 11 is 2.93. The molecule has 0 spiro atoms. The van der Waals surface area contributed by atoms with E-state index in [9.17, 15) is 5.21 Å². The van der Waals surface area contributed by atoms with Crippen molar-refractivity contribution in [3.05, 3.63) is 5.21 Å². The molecule has 1 saturated heterocycles. The first-order chi connectivity index (χ1) is 6.75. The molecule has 0 saturated carbocycles. The number of hydroxylamine groups is 2. The Morgan fingerprint density at radius 2 is 1.93 bits per heavy atom. The molecule has 1 aliphatic heterocycles. The van der Waals surface area contributed by atoms with Gasteiger partial charge in [0.25, 0.3) is 0 Å². The minimum absolute atomic E-state index is 0. The zero-order chi connectivity index (χ0) is 10.4. The Bertz CT molecular complexity index is 170. The van der Waals surface area contributed by atoms with Crippen LogP contribution in [-0.2, 0) is 25.2 Å². The van der Waals surface area contributed by atoms with Crippen LogP contribution in [0, 0.1) is 5.21 Å². The smallest absolute Gasteiger partial charge is 0.245 e. The van der Waals surface area contributed by atoms with Gasteiger partial charge in [-0.05, 0) is 25.1 Å². The standard InChI is InChI=1S/C9H18NO2S2.Mo/c1-3-5-7-10(11)9(12-14-9)13-8-6-4-2;/h3-8H2,1-2H3;/q-1;. The molecular formula is C9H18MoNO2S2-. The van der Waals surface area contributed by atoms with E-state index in [1.807, 2.05) is 0 Å². The van der Waals surface area contributed by atoms with E-state index < -0.39 is 4.39 Å². The van der Waals surface area contributed by atoms with Crippen LogP contribution in [0.3, 0.4) is 0 Å². The van der Waals surface area contributed by atoms with Crippen molar-refractivity contribution in [3.63, 3.8) is 0 Å². The summed E-state index contributed by atoms with van der Waals surface area (Å²) in [6.07, 6.45) is 4.32. The Morgan fingerprint density at radius 3 is 2.40 bits per heavy atom. The van der Waals surface area contributed by atoms with Crippen LogP contribution in [0.15, 0.2) is 0 Å². The minimum Gasteiger partial charge on any atom is -0.782 e. The number of nitrogens with zero attached hydrogens (tertiary/aromatic N) is 1. The van der Waals surface area contributed by atoms with E-state index in [0.29, 0.717) is 6.54 Å². The predicted molar refractivity (Wildman–Crippen MR) is 63.8 cm³/mol. The van der Waals surface area contributed by atoms with E-state index in [-0.39, 0.29) is 21.1 Å². The van der Waals surface area contributed by atoms with Gasteiger partial charge >= 0.3 is 0 Å². The maximum absolute atomic E-state index is 11.6. The van der Waals surface area contributed by atoms with E-state index in [2.05, 4.69) is 13.8 Å². The van der Waals surface area contributed by atoms with Gasteiger partial charge < -0.3 is 10.3 Å². The van der Waals surface area contributed by atoms with Crippen LogP contribution in [-0.4, -0.2) is 21.7 Å². The number of rotatable bonds is 8. The molecule has 3 nitrogen and oxygen atoms in total. The first-order valence-electron chi connectivity index (χ1n) is 5.20. The second-order valence-electron chi connectivity index (χ2n) is 3.35. The fraction of sp³-hybridized carbons (Fsp3) is 1.00. The van der Waals surface area contributed by atoms with Crippen molar-refractivity contribution < 1.29 is 25.2 Å². The van der Waals surface area contributed by atoms with Crippen LogP contribution >= 0.6 is 23.8 Å². The molecule has 0 aromatic heterocycles. The Labute approximate surface area is 115 Å². The SMILES string of the molecule is CCCCSC1(N([O-])CCCC)OS1.[Mo]. The second kappa shape index (κ2) is 8.37. The Balaban J connectivity index is 0.00000196. The average molecular weight is 332 g/mol. The van der Waals surface area contributed by atoms with Gasteiger partial charge in [-0.1, -0.05) is 38.5 Å². The van der Waals surface area contributed by atoms with Crippen LogP contribution < -0.4 is 0 Å². The van der Waals surface area contributed by atoms with Crippen molar-refractivity contribution in [1.29, 1.82) is 0 Å². The van der Waals surface area contributed by atoms with Crippen LogP contribution in [0.5, 0.6) is 0 Å². The van der Waals surface area contributed by atoms with Gasteiger partial charge in [-0.3, -0.25) is 4.18 Å². The van der Waals surface area contributed by atoms with Crippen molar-refractivity contribution in [2.45, 2.75) is 43.9 Å². The van der Waals surface area contributed by atoms with Gasteiger partial charge in [0.1, 0.15) is 0 Å². The summed E-state index contributed by atoms with van der Waals surface area (Å²) in [5.41, 5.74) is 0. The molecule has 90 valence electrons. The van der Waals surface area contributed by atoms with E-state index in [1.165, 1.54) is 18.5 Å². The van der Waals surface area contributed by atoms with Crippen molar-refractivity contribution >= 4 is 23.8 Å². The van der Waals surface area contributed by atoms with E-state index in [0.717, 1.165) is 30.1 Å². The van der Waals surface area contributed by atoms with Crippen molar-refractivity contribution in [1.82, 2.24) is 5.06 Å². The number of unbranched alkanes of at least 4 members (excludes halogenated alkanes) is 2. The molecule has 0 amide bonds. The molecule has 0 N–H and O–H groups in total. The molecule has 0 bridgehead atoms. The summed E-state index contributed by atoms with van der Waals surface area (Å²) < 4.78 is 4.62. The maximum atomic E-state index is 11.6. The van der Waals surface area contributed by atoms with Crippen molar-refractivity contribution in [2.75, 3.05) is 12.3 Å². The third-order valence-corrected chi connectivity index (χ3v) is 4.51. The maximum Gasteiger partial charge on any atom is 0.245 e. The quantitative estimate of drug-likeness (QED) is 0.170. The molecule has 1 unspecified atom stereocenters. The molecule has 1 fully saturated rings. The van der Waals surface area contributed by atoms with Crippen LogP contribution in [0.1, 0.15) is 39.5 Å². The minimum atomic E-state index is -0.579. The van der Waals surface area contributed by atoms with Crippen LogP contribution in [0.2, 0.25) is 0 Å².